The lowest BCUT2D eigenvalue weighted by Crippen LogP contribution is -2.34. The molecule has 0 aliphatic carbocycles. The molecule has 0 aliphatic rings. The lowest BCUT2D eigenvalue weighted by molar-refractivity contribution is 0.0977. The zero-order chi connectivity index (χ0) is 19.1. The van der Waals surface area contributed by atoms with E-state index < -0.39 is 0 Å². The van der Waals surface area contributed by atoms with Gasteiger partial charge in [-0.15, -0.1) is 0 Å². The number of carbonyl (C=O) groups excluding carboxylic acids is 1. The van der Waals surface area contributed by atoms with E-state index >= 15 is 0 Å². The quantitative estimate of drug-likeness (QED) is 0.665. The number of nitrogens with one attached hydrogen (secondary N) is 2. The first-order chi connectivity index (χ1) is 12.4. The van der Waals surface area contributed by atoms with Crippen LogP contribution in [0.25, 0.3) is 0 Å². The highest BCUT2D eigenvalue weighted by atomic mass is 35.5. The zero-order valence-electron chi connectivity index (χ0n) is 15.1. The van der Waals surface area contributed by atoms with Crippen molar-refractivity contribution in [3.63, 3.8) is 0 Å². The van der Waals surface area contributed by atoms with E-state index in [9.17, 15) is 4.79 Å². The van der Waals surface area contributed by atoms with Crippen molar-refractivity contribution in [1.29, 1.82) is 0 Å². The largest absolute Gasteiger partial charge is 0.494 e. The molecule has 0 atom stereocenters. The Labute approximate surface area is 164 Å². The number of ether oxygens (including phenoxy) is 1. The van der Waals surface area contributed by atoms with Crippen LogP contribution in [0.15, 0.2) is 42.5 Å². The molecule has 2 N–H and O–H groups in total. The number of thiocarbonyl (C=S) groups is 1. The van der Waals surface area contributed by atoms with Gasteiger partial charge in [-0.3, -0.25) is 10.1 Å². The molecule has 138 valence electrons. The van der Waals surface area contributed by atoms with Gasteiger partial charge in [0.1, 0.15) is 5.75 Å². The third-order valence-electron chi connectivity index (χ3n) is 3.80. The molecule has 2 aromatic carbocycles. The van der Waals surface area contributed by atoms with Crippen molar-refractivity contribution in [2.45, 2.75) is 27.2 Å². The van der Waals surface area contributed by atoms with Gasteiger partial charge in [-0.1, -0.05) is 37.6 Å². The summed E-state index contributed by atoms with van der Waals surface area (Å²) >= 11 is 11.3. The number of hydrogen-bond donors (Lipinski definition) is 2. The Kier molecular flexibility index (Phi) is 7.42. The lowest BCUT2D eigenvalue weighted by atomic mass is 10.1. The molecule has 26 heavy (non-hydrogen) atoms. The summed E-state index contributed by atoms with van der Waals surface area (Å²) in [7, 11) is 0. The van der Waals surface area contributed by atoms with Gasteiger partial charge < -0.3 is 10.1 Å². The second-order valence-corrected chi connectivity index (χ2v) is 7.19. The molecule has 0 radical (unpaired) electrons. The molecule has 1 amide bonds. The number of hydrogen-bond acceptors (Lipinski definition) is 3. The first-order valence-corrected chi connectivity index (χ1v) is 9.25. The molecule has 0 unspecified atom stereocenters. The molecule has 4 nitrogen and oxygen atoms in total. The van der Waals surface area contributed by atoms with E-state index in [1.807, 2.05) is 25.1 Å². The van der Waals surface area contributed by atoms with Gasteiger partial charge in [0, 0.05) is 16.3 Å². The Hall–Kier alpha value is -2.11. The summed E-state index contributed by atoms with van der Waals surface area (Å²) in [6.45, 7) is 6.79. The van der Waals surface area contributed by atoms with Gasteiger partial charge in [-0.05, 0) is 67.4 Å². The molecule has 6 heteroatoms. The number of halogens is 1. The maximum Gasteiger partial charge on any atom is 0.257 e. The standard InChI is InChI=1S/C20H23ClN2O2S/c1-13(2)10-11-25-16-7-4-6-15(12-16)19(24)23-20(26)22-18-9-5-8-17(21)14(18)3/h4-9,12-13H,10-11H2,1-3H3,(H2,22,23,24,26). The van der Waals surface area contributed by atoms with Gasteiger partial charge in [0.05, 0.1) is 6.61 Å². The van der Waals surface area contributed by atoms with Crippen LogP contribution < -0.4 is 15.4 Å². The van der Waals surface area contributed by atoms with Crippen LogP contribution in [0.4, 0.5) is 5.69 Å². The second-order valence-electron chi connectivity index (χ2n) is 6.38. The maximum absolute atomic E-state index is 12.4. The normalized spacial score (nSPS) is 10.5. The summed E-state index contributed by atoms with van der Waals surface area (Å²) in [4.78, 5) is 12.4. The van der Waals surface area contributed by atoms with E-state index in [2.05, 4.69) is 24.5 Å². The highest BCUT2D eigenvalue weighted by molar-refractivity contribution is 7.80. The lowest BCUT2D eigenvalue weighted by Gasteiger charge is -2.13. The Bertz CT molecular complexity index is 793. The monoisotopic (exact) mass is 390 g/mol. The predicted octanol–water partition coefficient (Wildman–Crippen LogP) is 5.20. The molecule has 2 aromatic rings. The van der Waals surface area contributed by atoms with E-state index in [1.54, 1.807) is 24.3 Å². The van der Waals surface area contributed by atoms with Gasteiger partial charge in [0.15, 0.2) is 5.11 Å². The minimum Gasteiger partial charge on any atom is -0.494 e. The van der Waals surface area contributed by atoms with Crippen LogP contribution in [0.1, 0.15) is 36.2 Å². The van der Waals surface area contributed by atoms with Crippen molar-refractivity contribution < 1.29 is 9.53 Å². The topological polar surface area (TPSA) is 50.4 Å². The number of benzene rings is 2. The number of rotatable bonds is 6. The smallest absolute Gasteiger partial charge is 0.257 e. The molecule has 0 aromatic heterocycles. The van der Waals surface area contributed by atoms with Crippen molar-refractivity contribution in [2.24, 2.45) is 5.92 Å². The molecule has 0 saturated carbocycles. The van der Waals surface area contributed by atoms with Gasteiger partial charge in [0.2, 0.25) is 0 Å². The number of anilines is 1. The minimum atomic E-state index is -0.295. The number of carbonyl (C=O) groups is 1. The Morgan fingerprint density at radius 1 is 1.23 bits per heavy atom. The second kappa shape index (κ2) is 9.55. The van der Waals surface area contributed by atoms with Gasteiger partial charge >= 0.3 is 0 Å². The predicted molar refractivity (Wildman–Crippen MR) is 111 cm³/mol. The molecule has 0 fully saturated rings. The summed E-state index contributed by atoms with van der Waals surface area (Å²) in [5, 5.41) is 6.52. The van der Waals surface area contributed by atoms with Crippen molar-refractivity contribution in [3.8, 4) is 5.75 Å². The fraction of sp³-hybridized carbons (Fsp3) is 0.300. The van der Waals surface area contributed by atoms with Gasteiger partial charge in [-0.2, -0.15) is 0 Å². The van der Waals surface area contributed by atoms with E-state index in [4.69, 9.17) is 28.6 Å². The summed E-state index contributed by atoms with van der Waals surface area (Å²) in [5.74, 6) is 0.944. The van der Waals surface area contributed by atoms with Crippen LogP contribution in [0, 0.1) is 12.8 Å². The summed E-state index contributed by atoms with van der Waals surface area (Å²) < 4.78 is 5.69. The van der Waals surface area contributed by atoms with Crippen LogP contribution in [0.5, 0.6) is 5.75 Å². The average Bonchev–Trinajstić information content (AvgIpc) is 2.59. The third-order valence-corrected chi connectivity index (χ3v) is 4.42. The van der Waals surface area contributed by atoms with Gasteiger partial charge in [0.25, 0.3) is 5.91 Å². The fourth-order valence-electron chi connectivity index (χ4n) is 2.21. The molecule has 0 saturated heterocycles. The van der Waals surface area contributed by atoms with Crippen molar-refractivity contribution in [1.82, 2.24) is 5.32 Å². The van der Waals surface area contributed by atoms with E-state index in [-0.39, 0.29) is 11.0 Å². The third kappa shape index (κ3) is 6.00. The summed E-state index contributed by atoms with van der Waals surface area (Å²) in [6.07, 6.45) is 0.962. The molecule has 0 spiro atoms. The summed E-state index contributed by atoms with van der Waals surface area (Å²) in [6, 6.07) is 12.5. The van der Waals surface area contributed by atoms with Crippen LogP contribution in [0.2, 0.25) is 5.02 Å². The molecule has 0 aliphatic heterocycles. The Morgan fingerprint density at radius 2 is 1.96 bits per heavy atom. The maximum atomic E-state index is 12.4. The minimum absolute atomic E-state index is 0.214. The van der Waals surface area contributed by atoms with Crippen LogP contribution >= 0.6 is 23.8 Å². The highest BCUT2D eigenvalue weighted by Gasteiger charge is 2.10. The fourth-order valence-corrected chi connectivity index (χ4v) is 2.59. The average molecular weight is 391 g/mol. The van der Waals surface area contributed by atoms with E-state index in [1.165, 1.54) is 0 Å². The van der Waals surface area contributed by atoms with Crippen LogP contribution in [-0.4, -0.2) is 17.6 Å². The number of amides is 1. The van der Waals surface area contributed by atoms with Gasteiger partial charge in [-0.25, -0.2) is 0 Å². The van der Waals surface area contributed by atoms with Crippen molar-refractivity contribution in [2.75, 3.05) is 11.9 Å². The summed E-state index contributed by atoms with van der Waals surface area (Å²) in [5.41, 5.74) is 2.11. The van der Waals surface area contributed by atoms with E-state index in [0.29, 0.717) is 28.9 Å². The SMILES string of the molecule is Cc1c(Cl)cccc1NC(=S)NC(=O)c1cccc(OCCC(C)C)c1. The molecule has 0 bridgehead atoms. The zero-order valence-corrected chi connectivity index (χ0v) is 16.7. The molecule has 2 rings (SSSR count). The van der Waals surface area contributed by atoms with E-state index in [0.717, 1.165) is 17.7 Å². The molecular weight excluding hydrogens is 368 g/mol. The van der Waals surface area contributed by atoms with Crippen LogP contribution in [0.3, 0.4) is 0 Å². The van der Waals surface area contributed by atoms with Crippen molar-refractivity contribution >= 4 is 40.5 Å². The molecular formula is C20H23ClN2O2S. The Balaban J connectivity index is 1.96. The first-order valence-electron chi connectivity index (χ1n) is 8.47. The Morgan fingerprint density at radius 3 is 2.69 bits per heavy atom. The van der Waals surface area contributed by atoms with Crippen LogP contribution in [-0.2, 0) is 0 Å². The van der Waals surface area contributed by atoms with Crippen molar-refractivity contribution in [3.05, 3.63) is 58.6 Å². The highest BCUT2D eigenvalue weighted by Crippen LogP contribution is 2.22. The first kappa shape index (κ1) is 20.2. The molecule has 0 heterocycles.